The van der Waals surface area contributed by atoms with E-state index in [-0.39, 0.29) is 6.03 Å². The smallest absolute Gasteiger partial charge is 0.336 e. The molecule has 29 heavy (non-hydrogen) atoms. The maximum absolute atomic E-state index is 13.0. The van der Waals surface area contributed by atoms with Gasteiger partial charge in [0.15, 0.2) is 0 Å². The summed E-state index contributed by atoms with van der Waals surface area (Å²) in [4.78, 5) is 29.9. The van der Waals surface area contributed by atoms with Gasteiger partial charge in [-0.3, -0.25) is 0 Å². The van der Waals surface area contributed by atoms with Crippen LogP contribution in [0.15, 0.2) is 51.0 Å². The fraction of sp³-hybridized carbons (Fsp3) is 0.364. The molecule has 0 atom stereocenters. The third-order valence-corrected chi connectivity index (χ3v) is 5.86. The van der Waals surface area contributed by atoms with Gasteiger partial charge in [0.1, 0.15) is 5.58 Å². The van der Waals surface area contributed by atoms with Crippen molar-refractivity contribution >= 4 is 34.0 Å². The van der Waals surface area contributed by atoms with Crippen molar-refractivity contribution in [3.63, 3.8) is 0 Å². The van der Waals surface area contributed by atoms with Crippen molar-refractivity contribution < 1.29 is 9.21 Å². The van der Waals surface area contributed by atoms with Crippen molar-refractivity contribution in [3.05, 3.63) is 62.6 Å². The maximum atomic E-state index is 13.0. The normalized spacial score (nSPS) is 11.2. The van der Waals surface area contributed by atoms with Gasteiger partial charge in [-0.1, -0.05) is 19.9 Å². The van der Waals surface area contributed by atoms with Gasteiger partial charge in [-0.05, 0) is 49.2 Å². The van der Waals surface area contributed by atoms with Gasteiger partial charge < -0.3 is 19.5 Å². The number of aryl methyl sites for hydroxylation is 1. The molecular weight excluding hydrogens is 386 g/mol. The summed E-state index contributed by atoms with van der Waals surface area (Å²) in [5.74, 6) is 0. The Labute approximate surface area is 174 Å². The van der Waals surface area contributed by atoms with Crippen LogP contribution in [-0.2, 0) is 6.54 Å². The third-order valence-electron chi connectivity index (χ3n) is 5.00. The van der Waals surface area contributed by atoms with Crippen molar-refractivity contribution in [2.24, 2.45) is 0 Å². The third kappa shape index (κ3) is 5.46. The summed E-state index contributed by atoms with van der Waals surface area (Å²) in [6.45, 7) is 10.0. The first-order chi connectivity index (χ1) is 14.0. The molecule has 0 unspecified atom stereocenters. The van der Waals surface area contributed by atoms with Crippen LogP contribution in [0.4, 0.5) is 10.5 Å². The van der Waals surface area contributed by atoms with E-state index in [0.29, 0.717) is 24.4 Å². The predicted octanol–water partition coefficient (Wildman–Crippen LogP) is 4.54. The molecule has 0 bridgehead atoms. The fourth-order valence-electron chi connectivity index (χ4n) is 3.25. The lowest BCUT2D eigenvalue weighted by atomic mass is 10.1. The fourth-order valence-corrected chi connectivity index (χ4v) is 3.97. The Balaban J connectivity index is 1.77. The van der Waals surface area contributed by atoms with Crippen LogP contribution >= 0.6 is 11.3 Å². The van der Waals surface area contributed by atoms with Gasteiger partial charge in [-0.15, -0.1) is 11.3 Å². The summed E-state index contributed by atoms with van der Waals surface area (Å²) >= 11 is 1.64. The highest BCUT2D eigenvalue weighted by Gasteiger charge is 2.16. The topological polar surface area (TPSA) is 65.8 Å². The van der Waals surface area contributed by atoms with E-state index >= 15 is 0 Å². The Kier molecular flexibility index (Phi) is 7.06. The number of benzene rings is 1. The number of nitrogens with one attached hydrogen (secondary N) is 1. The molecule has 2 aromatic heterocycles. The second kappa shape index (κ2) is 9.71. The first-order valence-electron chi connectivity index (χ1n) is 9.85. The zero-order chi connectivity index (χ0) is 20.8. The van der Waals surface area contributed by atoms with Crippen LogP contribution < -0.4 is 10.9 Å². The minimum atomic E-state index is -0.392. The number of hydrogen-bond acceptors (Lipinski definition) is 5. The number of hydrogen-bond donors (Lipinski definition) is 1. The molecule has 1 aromatic carbocycles. The first-order valence-corrected chi connectivity index (χ1v) is 10.7. The SMILES string of the molecule is CCN(CC)CCN(Cc1cccs1)C(=O)Nc1ccc2c(C)cc(=O)oc2c1. The van der Waals surface area contributed by atoms with Gasteiger partial charge in [0.25, 0.3) is 0 Å². The highest BCUT2D eigenvalue weighted by molar-refractivity contribution is 7.09. The number of nitrogens with zero attached hydrogens (tertiary/aromatic N) is 2. The number of anilines is 1. The van der Waals surface area contributed by atoms with E-state index in [1.165, 1.54) is 6.07 Å². The molecule has 7 heteroatoms. The molecule has 0 saturated heterocycles. The Hall–Kier alpha value is -2.64. The summed E-state index contributed by atoms with van der Waals surface area (Å²) in [5, 5.41) is 5.83. The van der Waals surface area contributed by atoms with Gasteiger partial charge in [-0.2, -0.15) is 0 Å². The van der Waals surface area contributed by atoms with Crippen LogP contribution in [0.2, 0.25) is 0 Å². The van der Waals surface area contributed by atoms with Gasteiger partial charge in [0.05, 0.1) is 6.54 Å². The molecule has 6 nitrogen and oxygen atoms in total. The van der Waals surface area contributed by atoms with Crippen molar-refractivity contribution in [2.75, 3.05) is 31.5 Å². The molecule has 0 spiro atoms. The molecule has 0 aliphatic carbocycles. The van der Waals surface area contributed by atoms with Crippen molar-refractivity contribution in [1.29, 1.82) is 0 Å². The number of amides is 2. The highest BCUT2D eigenvalue weighted by Crippen LogP contribution is 2.21. The van der Waals surface area contributed by atoms with Crippen molar-refractivity contribution in [1.82, 2.24) is 9.80 Å². The minimum Gasteiger partial charge on any atom is -0.423 e. The van der Waals surface area contributed by atoms with Crippen LogP contribution in [0.5, 0.6) is 0 Å². The first kappa shape index (κ1) is 21.1. The molecule has 0 radical (unpaired) electrons. The van der Waals surface area contributed by atoms with Gasteiger partial charge in [-0.25, -0.2) is 9.59 Å². The Morgan fingerprint density at radius 3 is 2.62 bits per heavy atom. The molecule has 3 rings (SSSR count). The molecule has 2 heterocycles. The summed E-state index contributed by atoms with van der Waals surface area (Å²) in [5.41, 5.74) is 1.54. The van der Waals surface area contributed by atoms with E-state index in [4.69, 9.17) is 4.42 Å². The van der Waals surface area contributed by atoms with Crippen LogP contribution in [0, 0.1) is 6.92 Å². The maximum Gasteiger partial charge on any atom is 0.336 e. The average molecular weight is 414 g/mol. The molecule has 0 aliphatic heterocycles. The predicted molar refractivity (Wildman–Crippen MR) is 119 cm³/mol. The zero-order valence-corrected chi connectivity index (χ0v) is 17.9. The standard InChI is InChI=1S/C22H27N3O3S/c1-4-24(5-2)10-11-25(15-18-7-6-12-29-18)22(27)23-17-8-9-19-16(3)13-21(26)28-20(19)14-17/h6-9,12-14H,4-5,10-11,15H2,1-3H3,(H,23,27). The number of urea groups is 1. The lowest BCUT2D eigenvalue weighted by molar-refractivity contribution is 0.195. The number of rotatable bonds is 8. The minimum absolute atomic E-state index is 0.167. The average Bonchev–Trinajstić information content (AvgIpc) is 3.20. The van der Waals surface area contributed by atoms with Crippen molar-refractivity contribution in [2.45, 2.75) is 27.3 Å². The van der Waals surface area contributed by atoms with Gasteiger partial charge >= 0.3 is 11.7 Å². The van der Waals surface area contributed by atoms with Gasteiger partial charge in [0, 0.05) is 41.2 Å². The summed E-state index contributed by atoms with van der Waals surface area (Å²) < 4.78 is 5.29. The monoisotopic (exact) mass is 413 g/mol. The van der Waals surface area contributed by atoms with Crippen molar-refractivity contribution in [3.8, 4) is 0 Å². The quantitative estimate of drug-likeness (QED) is 0.551. The zero-order valence-electron chi connectivity index (χ0n) is 17.1. The van der Waals surface area contributed by atoms with Gasteiger partial charge in [0.2, 0.25) is 0 Å². The molecular formula is C22H27N3O3S. The number of carbonyl (C=O) groups excluding carboxylic acids is 1. The van der Waals surface area contributed by atoms with Crippen LogP contribution in [0.3, 0.4) is 0 Å². The van der Waals surface area contributed by atoms with E-state index < -0.39 is 5.63 Å². The molecule has 3 aromatic rings. The van der Waals surface area contributed by atoms with E-state index in [9.17, 15) is 9.59 Å². The molecule has 0 fully saturated rings. The van der Waals surface area contributed by atoms with E-state index in [1.807, 2.05) is 41.5 Å². The second-order valence-electron chi connectivity index (χ2n) is 6.92. The summed E-state index contributed by atoms with van der Waals surface area (Å²) in [6.07, 6.45) is 0. The molecule has 0 saturated carbocycles. The largest absolute Gasteiger partial charge is 0.423 e. The number of thiophene rings is 1. The molecule has 0 aliphatic rings. The molecule has 2 amide bonds. The summed E-state index contributed by atoms with van der Waals surface area (Å²) in [7, 11) is 0. The number of fused-ring (bicyclic) bond motifs is 1. The number of likely N-dealkylation sites (N-methyl/N-ethyl adjacent to an activating group) is 1. The Morgan fingerprint density at radius 2 is 1.93 bits per heavy atom. The lowest BCUT2D eigenvalue weighted by Crippen LogP contribution is -2.40. The lowest BCUT2D eigenvalue weighted by Gasteiger charge is -2.26. The summed E-state index contributed by atoms with van der Waals surface area (Å²) in [6, 6.07) is 10.7. The molecule has 1 N–H and O–H groups in total. The Morgan fingerprint density at radius 1 is 1.14 bits per heavy atom. The second-order valence-corrected chi connectivity index (χ2v) is 7.95. The highest BCUT2D eigenvalue weighted by atomic mass is 32.1. The van der Waals surface area contributed by atoms with E-state index in [0.717, 1.165) is 35.5 Å². The van der Waals surface area contributed by atoms with E-state index in [1.54, 1.807) is 17.4 Å². The Bertz CT molecular complexity index is 1010. The number of carbonyl (C=O) groups is 1. The molecule has 154 valence electrons. The van der Waals surface area contributed by atoms with Crippen LogP contribution in [0.25, 0.3) is 11.0 Å². The van der Waals surface area contributed by atoms with Crippen LogP contribution in [-0.4, -0.2) is 42.0 Å². The van der Waals surface area contributed by atoms with Crippen LogP contribution in [0.1, 0.15) is 24.3 Å². The van der Waals surface area contributed by atoms with E-state index in [2.05, 4.69) is 24.1 Å².